The number of imidazole rings is 1. The average molecular weight is 320 g/mol. The van der Waals surface area contributed by atoms with Gasteiger partial charge >= 0.3 is 0 Å². The minimum absolute atomic E-state index is 0.246. The molecule has 0 unspecified atom stereocenters. The third-order valence-electron chi connectivity index (χ3n) is 3.24. The zero-order valence-corrected chi connectivity index (χ0v) is 13.0. The normalized spacial score (nSPS) is 11.9. The highest BCUT2D eigenvalue weighted by Gasteiger charge is 2.16. The highest BCUT2D eigenvalue weighted by molar-refractivity contribution is 7.90. The van der Waals surface area contributed by atoms with Crippen molar-refractivity contribution < 1.29 is 13.2 Å². The third kappa shape index (κ3) is 2.28. The molecule has 0 N–H and O–H groups in total. The highest BCUT2D eigenvalue weighted by Crippen LogP contribution is 2.28. The molecule has 0 atom stereocenters. The van der Waals surface area contributed by atoms with E-state index in [2.05, 4.69) is 4.98 Å². The molecular weight excluding hydrogens is 308 g/mol. The molecule has 1 aromatic carbocycles. The Labute approximate surface area is 125 Å². The van der Waals surface area contributed by atoms with Gasteiger partial charge in [-0.2, -0.15) is 0 Å². The summed E-state index contributed by atoms with van der Waals surface area (Å²) in [6, 6.07) is 6.40. The first-order valence-corrected chi connectivity index (χ1v) is 8.91. The number of rotatable bonds is 3. The number of benzene rings is 1. The maximum absolute atomic E-state index is 11.5. The Morgan fingerprint density at radius 1 is 1.24 bits per heavy atom. The van der Waals surface area contributed by atoms with E-state index in [1.807, 2.05) is 12.3 Å². The standard InChI is InChI=1S/C14H12N2O3S2/c1-9-8-20-14-15-13(12(7-17)16(9)14)10-3-5-11(6-4-10)21(2,18)19/h3-8H,1-2H3. The van der Waals surface area contributed by atoms with Crippen LogP contribution >= 0.6 is 11.3 Å². The molecule has 0 saturated heterocycles. The van der Waals surface area contributed by atoms with E-state index in [9.17, 15) is 13.2 Å². The lowest BCUT2D eigenvalue weighted by Crippen LogP contribution is -1.97. The lowest BCUT2D eigenvalue weighted by atomic mass is 10.1. The fourth-order valence-corrected chi connectivity index (χ4v) is 3.71. The minimum atomic E-state index is -3.23. The predicted molar refractivity (Wildman–Crippen MR) is 81.7 cm³/mol. The number of sulfone groups is 1. The van der Waals surface area contributed by atoms with Gasteiger partial charge in [-0.25, -0.2) is 13.4 Å². The average Bonchev–Trinajstić information content (AvgIpc) is 2.98. The quantitative estimate of drug-likeness (QED) is 0.696. The molecule has 0 fully saturated rings. The molecule has 7 heteroatoms. The number of carbonyl (C=O) groups excluding carboxylic acids is 1. The van der Waals surface area contributed by atoms with E-state index in [0.717, 1.165) is 28.8 Å². The van der Waals surface area contributed by atoms with Crippen LogP contribution < -0.4 is 0 Å². The number of aromatic nitrogens is 2. The fraction of sp³-hybridized carbons (Fsp3) is 0.143. The summed E-state index contributed by atoms with van der Waals surface area (Å²) in [6.45, 7) is 1.91. The molecule has 5 nitrogen and oxygen atoms in total. The molecule has 0 saturated carbocycles. The number of aryl methyl sites for hydroxylation is 1. The number of nitrogens with zero attached hydrogens (tertiary/aromatic N) is 2. The maximum Gasteiger partial charge on any atom is 0.195 e. The third-order valence-corrected chi connectivity index (χ3v) is 5.31. The van der Waals surface area contributed by atoms with Gasteiger partial charge in [-0.15, -0.1) is 11.3 Å². The van der Waals surface area contributed by atoms with Crippen molar-refractivity contribution in [3.05, 3.63) is 41.0 Å². The zero-order valence-electron chi connectivity index (χ0n) is 11.4. The van der Waals surface area contributed by atoms with Crippen LogP contribution in [-0.2, 0) is 9.84 Å². The molecule has 0 bridgehead atoms. The molecule has 3 aromatic rings. The van der Waals surface area contributed by atoms with Crippen LogP contribution in [0.25, 0.3) is 16.2 Å². The van der Waals surface area contributed by atoms with Crippen LogP contribution in [0.4, 0.5) is 0 Å². The van der Waals surface area contributed by atoms with Crippen LogP contribution in [0, 0.1) is 6.92 Å². The Hall–Kier alpha value is -1.99. The molecule has 2 heterocycles. The first-order chi connectivity index (χ1) is 9.91. The van der Waals surface area contributed by atoms with Crippen LogP contribution in [-0.4, -0.2) is 30.3 Å². The van der Waals surface area contributed by atoms with E-state index < -0.39 is 9.84 Å². The van der Waals surface area contributed by atoms with Gasteiger partial charge < -0.3 is 0 Å². The predicted octanol–water partition coefficient (Wildman–Crippen LogP) is 2.59. The lowest BCUT2D eigenvalue weighted by Gasteiger charge is -2.02. The number of hydrogen-bond donors (Lipinski definition) is 0. The van der Waals surface area contributed by atoms with Gasteiger partial charge in [0.25, 0.3) is 0 Å². The fourth-order valence-electron chi connectivity index (χ4n) is 2.20. The second kappa shape index (κ2) is 4.78. The SMILES string of the molecule is Cc1csc2nc(-c3ccc(S(C)(=O)=O)cc3)c(C=O)n12. The molecule has 2 aromatic heterocycles. The van der Waals surface area contributed by atoms with E-state index in [1.165, 1.54) is 23.5 Å². The number of thiazole rings is 1. The molecule has 0 aliphatic rings. The Balaban J connectivity index is 2.18. The van der Waals surface area contributed by atoms with Crippen molar-refractivity contribution in [1.29, 1.82) is 0 Å². The summed E-state index contributed by atoms with van der Waals surface area (Å²) in [5, 5.41) is 1.94. The molecule has 0 radical (unpaired) electrons. The summed E-state index contributed by atoms with van der Waals surface area (Å²) in [7, 11) is -3.23. The molecule has 3 rings (SSSR count). The van der Waals surface area contributed by atoms with Crippen LogP contribution in [0.15, 0.2) is 34.5 Å². The van der Waals surface area contributed by atoms with Crippen LogP contribution in [0.2, 0.25) is 0 Å². The van der Waals surface area contributed by atoms with Crippen molar-refractivity contribution in [2.24, 2.45) is 0 Å². The van der Waals surface area contributed by atoms with E-state index in [0.29, 0.717) is 11.4 Å². The molecule has 21 heavy (non-hydrogen) atoms. The number of carbonyl (C=O) groups is 1. The Morgan fingerprint density at radius 2 is 1.90 bits per heavy atom. The van der Waals surface area contributed by atoms with Gasteiger partial charge in [0.2, 0.25) is 0 Å². The molecule has 0 amide bonds. The van der Waals surface area contributed by atoms with Gasteiger partial charge in [0.05, 0.1) is 4.90 Å². The molecular formula is C14H12N2O3S2. The molecule has 0 aliphatic carbocycles. The second-order valence-electron chi connectivity index (χ2n) is 4.76. The summed E-state index contributed by atoms with van der Waals surface area (Å²) >= 11 is 1.46. The Bertz CT molecular complexity index is 935. The first kappa shape index (κ1) is 14.0. The van der Waals surface area contributed by atoms with Gasteiger partial charge in [-0.3, -0.25) is 9.20 Å². The first-order valence-electron chi connectivity index (χ1n) is 6.14. The van der Waals surface area contributed by atoms with E-state index in [-0.39, 0.29) is 4.90 Å². The monoisotopic (exact) mass is 320 g/mol. The van der Waals surface area contributed by atoms with E-state index >= 15 is 0 Å². The van der Waals surface area contributed by atoms with Gasteiger partial charge in [0.15, 0.2) is 21.1 Å². The maximum atomic E-state index is 11.5. The van der Waals surface area contributed by atoms with E-state index in [4.69, 9.17) is 0 Å². The van der Waals surface area contributed by atoms with Crippen molar-refractivity contribution in [3.63, 3.8) is 0 Å². The number of fused-ring (bicyclic) bond motifs is 1. The smallest absolute Gasteiger partial charge is 0.195 e. The van der Waals surface area contributed by atoms with Crippen molar-refractivity contribution in [2.45, 2.75) is 11.8 Å². The second-order valence-corrected chi connectivity index (χ2v) is 7.61. The van der Waals surface area contributed by atoms with Gasteiger partial charge in [0.1, 0.15) is 11.4 Å². The molecule has 0 spiro atoms. The molecule has 108 valence electrons. The minimum Gasteiger partial charge on any atom is -0.296 e. The largest absolute Gasteiger partial charge is 0.296 e. The zero-order chi connectivity index (χ0) is 15.2. The highest BCUT2D eigenvalue weighted by atomic mass is 32.2. The van der Waals surface area contributed by atoms with Crippen molar-refractivity contribution >= 4 is 32.4 Å². The van der Waals surface area contributed by atoms with Crippen LogP contribution in [0.3, 0.4) is 0 Å². The van der Waals surface area contributed by atoms with E-state index in [1.54, 1.807) is 16.5 Å². The summed E-state index contributed by atoms with van der Waals surface area (Å²) in [5.41, 5.74) is 2.72. The molecule has 0 aliphatic heterocycles. The lowest BCUT2D eigenvalue weighted by molar-refractivity contribution is 0.111. The van der Waals surface area contributed by atoms with Crippen molar-refractivity contribution in [2.75, 3.05) is 6.26 Å². The summed E-state index contributed by atoms with van der Waals surface area (Å²) in [4.78, 5) is 16.9. The summed E-state index contributed by atoms with van der Waals surface area (Å²) in [5.74, 6) is 0. The Morgan fingerprint density at radius 3 is 2.48 bits per heavy atom. The van der Waals surface area contributed by atoms with Gasteiger partial charge in [0, 0.05) is 22.9 Å². The van der Waals surface area contributed by atoms with Crippen LogP contribution in [0.1, 0.15) is 16.2 Å². The van der Waals surface area contributed by atoms with Gasteiger partial charge in [-0.05, 0) is 19.1 Å². The topological polar surface area (TPSA) is 68.5 Å². The summed E-state index contributed by atoms with van der Waals surface area (Å²) < 4.78 is 24.8. The summed E-state index contributed by atoms with van der Waals surface area (Å²) in [6.07, 6.45) is 1.94. The van der Waals surface area contributed by atoms with Crippen LogP contribution in [0.5, 0.6) is 0 Å². The number of aldehydes is 1. The number of hydrogen-bond acceptors (Lipinski definition) is 5. The van der Waals surface area contributed by atoms with Crippen molar-refractivity contribution in [3.8, 4) is 11.3 Å². The van der Waals surface area contributed by atoms with Crippen molar-refractivity contribution in [1.82, 2.24) is 9.38 Å². The Kier molecular flexibility index (Phi) is 3.18. The van der Waals surface area contributed by atoms with Gasteiger partial charge in [-0.1, -0.05) is 12.1 Å².